The fourth-order valence-electron chi connectivity index (χ4n) is 13.5. The fraction of sp³-hybridized carbons (Fsp3) is 0.756. The molecule has 0 bridgehead atoms. The molecule has 1 amide bonds. The summed E-state index contributed by atoms with van der Waals surface area (Å²) in [6.07, 6.45) is 14.8. The number of carbonyl (C=O) groups is 2. The van der Waals surface area contributed by atoms with Crippen molar-refractivity contribution in [3.05, 3.63) is 41.5 Å². The third kappa shape index (κ3) is 5.08. The number of allylic oxidation sites excluding steroid dienone is 2. The molecule has 1 aromatic carbocycles. The van der Waals surface area contributed by atoms with Gasteiger partial charge < -0.3 is 15.3 Å². The van der Waals surface area contributed by atoms with Crippen LogP contribution in [0.15, 0.2) is 30.3 Å². The molecule has 258 valence electrons. The van der Waals surface area contributed by atoms with Gasteiger partial charge in [-0.15, -0.1) is 0 Å². The lowest BCUT2D eigenvalue weighted by Gasteiger charge is -2.72. The molecule has 5 aliphatic carbocycles. The number of benzene rings is 1. The molecule has 1 saturated heterocycles. The maximum atomic E-state index is 13.6. The van der Waals surface area contributed by atoms with Crippen molar-refractivity contribution in [2.45, 2.75) is 111 Å². The number of rotatable bonds is 6. The van der Waals surface area contributed by atoms with Gasteiger partial charge in [-0.05, 0) is 133 Å². The summed E-state index contributed by atoms with van der Waals surface area (Å²) in [5.74, 6) is 1.98. The number of nitrogens with zero attached hydrogens (tertiary/aromatic N) is 2. The Morgan fingerprint density at radius 3 is 2.19 bits per heavy atom. The summed E-state index contributed by atoms with van der Waals surface area (Å²) in [6, 6.07) is 7.59. The zero-order chi connectivity index (χ0) is 33.4. The first-order valence-electron chi connectivity index (χ1n) is 19.1. The molecule has 8 atom stereocenters. The van der Waals surface area contributed by atoms with Gasteiger partial charge in [0.2, 0.25) is 5.91 Å². The van der Waals surface area contributed by atoms with E-state index in [1.165, 1.54) is 56.1 Å². The average Bonchev–Trinajstić information content (AvgIpc) is 3.45. The van der Waals surface area contributed by atoms with Gasteiger partial charge in [-0.25, -0.2) is 4.79 Å². The molecule has 47 heavy (non-hydrogen) atoms. The number of fused-ring (bicyclic) bond motifs is 7. The number of carboxylic acid groups (broad SMARTS) is 1. The Hall–Kier alpha value is -2.18. The Kier molecular flexibility index (Phi) is 8.31. The second-order valence-corrected chi connectivity index (χ2v) is 18.0. The highest BCUT2D eigenvalue weighted by atomic mass is 16.4. The lowest BCUT2D eigenvalue weighted by molar-refractivity contribution is -0.217. The van der Waals surface area contributed by atoms with Crippen LogP contribution >= 0.6 is 0 Å². The van der Waals surface area contributed by atoms with Gasteiger partial charge >= 0.3 is 5.97 Å². The minimum Gasteiger partial charge on any atom is -0.478 e. The molecule has 5 fully saturated rings. The summed E-state index contributed by atoms with van der Waals surface area (Å²) in [4.78, 5) is 30.0. The first-order valence-corrected chi connectivity index (χ1v) is 19.1. The van der Waals surface area contributed by atoms with Crippen LogP contribution in [0.3, 0.4) is 0 Å². The SMILES string of the molecule is CCN1CCN(CC(=O)N[C@]23CCCC2[C@H]2CCC4[C@@]5(C)CC=C(c6ccc(C(=O)O)cc6)C(C)(C)C5CC[C@@]4(C)[C@]2(C)CC3)CC1. The maximum Gasteiger partial charge on any atom is 0.335 e. The summed E-state index contributed by atoms with van der Waals surface area (Å²) < 4.78 is 0. The largest absolute Gasteiger partial charge is 0.478 e. The van der Waals surface area contributed by atoms with Gasteiger partial charge in [-0.1, -0.05) is 66.2 Å². The van der Waals surface area contributed by atoms with Crippen molar-refractivity contribution in [1.29, 1.82) is 0 Å². The highest BCUT2D eigenvalue weighted by molar-refractivity contribution is 5.88. The van der Waals surface area contributed by atoms with Gasteiger partial charge in [-0.2, -0.15) is 0 Å². The van der Waals surface area contributed by atoms with E-state index in [4.69, 9.17) is 0 Å². The number of hydrogen-bond acceptors (Lipinski definition) is 4. The molecule has 1 aromatic rings. The van der Waals surface area contributed by atoms with Crippen LogP contribution in [0.2, 0.25) is 0 Å². The molecule has 4 saturated carbocycles. The Balaban J connectivity index is 1.11. The molecular formula is C41H61N3O3. The van der Waals surface area contributed by atoms with Gasteiger partial charge in [0.1, 0.15) is 0 Å². The molecule has 0 spiro atoms. The van der Waals surface area contributed by atoms with Crippen LogP contribution in [0.5, 0.6) is 0 Å². The molecule has 3 unspecified atom stereocenters. The lowest BCUT2D eigenvalue weighted by atomic mass is 9.33. The highest BCUT2D eigenvalue weighted by Gasteiger charge is 2.69. The average molecular weight is 644 g/mol. The Morgan fingerprint density at radius 2 is 1.51 bits per heavy atom. The predicted molar refractivity (Wildman–Crippen MR) is 189 cm³/mol. The smallest absolute Gasteiger partial charge is 0.335 e. The van der Waals surface area contributed by atoms with Crippen molar-refractivity contribution < 1.29 is 14.7 Å². The molecule has 0 aromatic heterocycles. The number of carboxylic acids is 1. The summed E-state index contributed by atoms with van der Waals surface area (Å²) in [5, 5.41) is 13.2. The van der Waals surface area contributed by atoms with Crippen LogP contribution in [0.1, 0.15) is 122 Å². The van der Waals surface area contributed by atoms with Crippen LogP contribution < -0.4 is 5.32 Å². The fourth-order valence-corrected chi connectivity index (χ4v) is 13.5. The van der Waals surface area contributed by atoms with Gasteiger partial charge in [0.15, 0.2) is 0 Å². The first kappa shape index (κ1) is 33.3. The van der Waals surface area contributed by atoms with Crippen LogP contribution in [0, 0.1) is 45.3 Å². The standard InChI is InChI=1S/C41H61N3O3/c1-7-43-23-25-44(26-24-43)27-35(45)42-41-18-8-9-32(41)31-14-15-34-38(4)19-16-30(28-10-12-29(13-11-28)36(46)47)37(2,3)33(38)17-20-40(34,6)39(31,5)21-22-41/h10-13,16,31-34H,7-9,14-15,17-27H2,1-6H3,(H,42,45)(H,46,47)/t31-,32?,33?,34?,38+,39-,40-,41+/m1/s1. The van der Waals surface area contributed by atoms with E-state index in [2.05, 4.69) is 62.7 Å². The molecule has 1 aliphatic heterocycles. The first-order chi connectivity index (χ1) is 22.3. The molecule has 0 radical (unpaired) electrons. The van der Waals surface area contributed by atoms with E-state index in [1.807, 2.05) is 12.1 Å². The zero-order valence-corrected chi connectivity index (χ0v) is 30.2. The molecule has 6 nitrogen and oxygen atoms in total. The van der Waals surface area contributed by atoms with Crippen molar-refractivity contribution in [1.82, 2.24) is 15.1 Å². The molecular weight excluding hydrogens is 582 g/mol. The summed E-state index contributed by atoms with van der Waals surface area (Å²) in [5.41, 5.74) is 3.80. The van der Waals surface area contributed by atoms with Crippen LogP contribution in [0.4, 0.5) is 0 Å². The maximum absolute atomic E-state index is 13.6. The molecule has 6 aliphatic rings. The normalized spacial score (nSPS) is 41.5. The van der Waals surface area contributed by atoms with Gasteiger partial charge in [0.05, 0.1) is 12.1 Å². The molecule has 2 N–H and O–H groups in total. The van der Waals surface area contributed by atoms with Gasteiger partial charge in [0.25, 0.3) is 0 Å². The van der Waals surface area contributed by atoms with Crippen molar-refractivity contribution in [2.75, 3.05) is 39.3 Å². The number of aromatic carboxylic acids is 1. The van der Waals surface area contributed by atoms with E-state index in [0.29, 0.717) is 46.6 Å². The molecule has 7 rings (SSSR count). The second-order valence-electron chi connectivity index (χ2n) is 18.0. The third-order valence-corrected chi connectivity index (χ3v) is 16.0. The monoisotopic (exact) mass is 643 g/mol. The van der Waals surface area contributed by atoms with Crippen molar-refractivity contribution in [3.8, 4) is 0 Å². The number of hydrogen-bond donors (Lipinski definition) is 2. The van der Waals surface area contributed by atoms with Crippen molar-refractivity contribution >= 4 is 17.4 Å². The molecule has 1 heterocycles. The van der Waals surface area contributed by atoms with E-state index in [1.54, 1.807) is 12.1 Å². The van der Waals surface area contributed by atoms with E-state index in [-0.39, 0.29) is 22.3 Å². The van der Waals surface area contributed by atoms with Gasteiger partial charge in [0, 0.05) is 31.7 Å². The number of carbonyl (C=O) groups excluding carboxylic acids is 1. The van der Waals surface area contributed by atoms with Crippen molar-refractivity contribution in [3.63, 3.8) is 0 Å². The number of amides is 1. The second kappa shape index (κ2) is 11.7. The topological polar surface area (TPSA) is 72.9 Å². The van der Waals surface area contributed by atoms with E-state index in [9.17, 15) is 14.7 Å². The highest BCUT2D eigenvalue weighted by Crippen LogP contribution is 2.76. The van der Waals surface area contributed by atoms with E-state index >= 15 is 0 Å². The number of piperazine rings is 1. The Bertz CT molecular complexity index is 1410. The lowest BCUT2D eigenvalue weighted by Crippen LogP contribution is -2.68. The number of nitrogens with one attached hydrogen (secondary N) is 1. The quantitative estimate of drug-likeness (QED) is 0.332. The summed E-state index contributed by atoms with van der Waals surface area (Å²) in [6.45, 7) is 21.0. The van der Waals surface area contributed by atoms with Crippen molar-refractivity contribution in [2.24, 2.45) is 45.3 Å². The zero-order valence-electron chi connectivity index (χ0n) is 30.2. The minimum atomic E-state index is -0.863. The van der Waals surface area contributed by atoms with Crippen LogP contribution in [-0.4, -0.2) is 71.6 Å². The van der Waals surface area contributed by atoms with E-state index < -0.39 is 5.97 Å². The van der Waals surface area contributed by atoms with E-state index in [0.717, 1.165) is 52.0 Å². The Labute approximate surface area is 284 Å². The summed E-state index contributed by atoms with van der Waals surface area (Å²) in [7, 11) is 0. The molecule has 6 heteroatoms. The number of likely N-dealkylation sites (N-methyl/N-ethyl adjacent to an activating group) is 1. The van der Waals surface area contributed by atoms with Crippen LogP contribution in [0.25, 0.3) is 5.57 Å². The van der Waals surface area contributed by atoms with Crippen LogP contribution in [-0.2, 0) is 4.79 Å². The van der Waals surface area contributed by atoms with Gasteiger partial charge in [-0.3, -0.25) is 9.69 Å². The third-order valence-electron chi connectivity index (χ3n) is 16.0. The Morgan fingerprint density at radius 1 is 0.809 bits per heavy atom. The minimum absolute atomic E-state index is 0.00252. The summed E-state index contributed by atoms with van der Waals surface area (Å²) >= 11 is 0. The predicted octanol–water partition coefficient (Wildman–Crippen LogP) is 7.74.